The number of nitrogen functional groups attached to an aromatic ring is 1. The molecule has 3 rings (SSSR count). The van der Waals surface area contributed by atoms with Crippen LogP contribution in [-0.2, 0) is 13.0 Å². The van der Waals surface area contributed by atoms with Crippen LogP contribution in [0.1, 0.15) is 18.1 Å². The second kappa shape index (κ2) is 4.18. The number of anilines is 1. The van der Waals surface area contributed by atoms with Crippen molar-refractivity contribution in [2.24, 2.45) is 0 Å². The van der Waals surface area contributed by atoms with Crippen LogP contribution in [0.4, 0.5) is 5.82 Å². The smallest absolute Gasteiger partial charge is 0.175 e. The van der Waals surface area contributed by atoms with Gasteiger partial charge in [-0.1, -0.05) is 18.1 Å². The number of fused-ring (bicyclic) bond motifs is 1. The zero-order chi connectivity index (χ0) is 12.5. The molecule has 0 radical (unpaired) electrons. The van der Waals surface area contributed by atoms with Crippen molar-refractivity contribution >= 4 is 16.8 Å². The summed E-state index contributed by atoms with van der Waals surface area (Å²) in [4.78, 5) is 0. The van der Waals surface area contributed by atoms with E-state index in [1.807, 2.05) is 23.0 Å². The molecule has 5 heteroatoms. The zero-order valence-corrected chi connectivity index (χ0v) is 10.1. The highest BCUT2D eigenvalue weighted by molar-refractivity contribution is 5.90. The van der Waals surface area contributed by atoms with Gasteiger partial charge in [-0.15, -0.1) is 0 Å². The number of nitrogens with two attached hydrogens (primary N) is 1. The molecule has 3 aromatic rings. The lowest BCUT2D eigenvalue weighted by Gasteiger charge is -2.05. The van der Waals surface area contributed by atoms with Gasteiger partial charge in [0.25, 0.3) is 0 Å². The van der Waals surface area contributed by atoms with Crippen LogP contribution in [0.15, 0.2) is 35.1 Å². The predicted octanol–water partition coefficient (Wildman–Crippen LogP) is 2.22. The Hall–Kier alpha value is -2.30. The molecular weight excluding hydrogens is 228 g/mol. The van der Waals surface area contributed by atoms with Crippen molar-refractivity contribution in [3.63, 3.8) is 0 Å². The first kappa shape index (κ1) is 10.8. The third-order valence-electron chi connectivity index (χ3n) is 3.03. The van der Waals surface area contributed by atoms with Crippen molar-refractivity contribution in [3.8, 4) is 0 Å². The van der Waals surface area contributed by atoms with Crippen LogP contribution in [0.2, 0.25) is 0 Å². The molecule has 0 atom stereocenters. The molecule has 0 aliphatic rings. The lowest BCUT2D eigenvalue weighted by molar-refractivity contribution is 0.460. The van der Waals surface area contributed by atoms with Gasteiger partial charge >= 0.3 is 0 Å². The topological polar surface area (TPSA) is 69.9 Å². The van der Waals surface area contributed by atoms with Crippen LogP contribution in [0, 0.1) is 0 Å². The Labute approximate surface area is 104 Å². The molecule has 2 N–H and O–H groups in total. The van der Waals surface area contributed by atoms with Gasteiger partial charge in [0.1, 0.15) is 0 Å². The summed E-state index contributed by atoms with van der Waals surface area (Å²) in [5.74, 6) is 0.465. The molecule has 0 fully saturated rings. The minimum atomic E-state index is 0.465. The van der Waals surface area contributed by atoms with E-state index in [4.69, 9.17) is 10.3 Å². The number of aryl methyl sites for hydroxylation is 1. The summed E-state index contributed by atoms with van der Waals surface area (Å²) in [5.41, 5.74) is 8.86. The highest BCUT2D eigenvalue weighted by Gasteiger charge is 2.11. The number of nitrogens with zero attached hydrogens (tertiary/aromatic N) is 3. The third kappa shape index (κ3) is 1.73. The lowest BCUT2D eigenvalue weighted by Crippen LogP contribution is -2.00. The van der Waals surface area contributed by atoms with Gasteiger partial charge in [-0.3, -0.25) is 4.68 Å². The Morgan fingerprint density at radius 1 is 1.39 bits per heavy atom. The summed E-state index contributed by atoms with van der Waals surface area (Å²) in [6, 6.07) is 6.02. The van der Waals surface area contributed by atoms with Crippen LogP contribution < -0.4 is 5.73 Å². The number of rotatable bonds is 3. The molecule has 0 bridgehead atoms. The molecule has 0 saturated carbocycles. The SMILES string of the molecule is CCc1cc(Cn2cccn2)cc2onc(N)c12. The molecule has 0 aliphatic heterocycles. The van der Waals surface area contributed by atoms with Crippen LogP contribution in [0.3, 0.4) is 0 Å². The Morgan fingerprint density at radius 2 is 2.28 bits per heavy atom. The summed E-state index contributed by atoms with van der Waals surface area (Å²) < 4.78 is 7.12. The van der Waals surface area contributed by atoms with E-state index in [1.165, 1.54) is 0 Å². The fourth-order valence-corrected chi connectivity index (χ4v) is 2.19. The normalized spacial score (nSPS) is 11.2. The number of hydrogen-bond donors (Lipinski definition) is 1. The molecule has 18 heavy (non-hydrogen) atoms. The van der Waals surface area contributed by atoms with Gasteiger partial charge in [0.15, 0.2) is 11.4 Å². The maximum Gasteiger partial charge on any atom is 0.175 e. The van der Waals surface area contributed by atoms with E-state index in [0.717, 1.165) is 35.1 Å². The number of aromatic nitrogens is 3. The minimum absolute atomic E-state index is 0.465. The van der Waals surface area contributed by atoms with Crippen LogP contribution in [0.25, 0.3) is 11.0 Å². The van der Waals surface area contributed by atoms with Gasteiger partial charge in [0.05, 0.1) is 11.9 Å². The van der Waals surface area contributed by atoms with Crippen molar-refractivity contribution in [3.05, 3.63) is 41.7 Å². The van der Waals surface area contributed by atoms with Crippen molar-refractivity contribution < 1.29 is 4.52 Å². The van der Waals surface area contributed by atoms with Gasteiger partial charge in [0, 0.05) is 12.4 Å². The Balaban J connectivity index is 2.08. The van der Waals surface area contributed by atoms with Crippen molar-refractivity contribution in [2.75, 3.05) is 5.73 Å². The summed E-state index contributed by atoms with van der Waals surface area (Å²) >= 11 is 0. The summed E-state index contributed by atoms with van der Waals surface area (Å²) in [7, 11) is 0. The summed E-state index contributed by atoms with van der Waals surface area (Å²) in [6.45, 7) is 2.81. The molecule has 0 unspecified atom stereocenters. The van der Waals surface area contributed by atoms with Gasteiger partial charge in [-0.25, -0.2) is 0 Å². The van der Waals surface area contributed by atoms with Crippen LogP contribution in [0.5, 0.6) is 0 Å². The molecule has 2 aromatic heterocycles. The molecule has 1 aromatic carbocycles. The van der Waals surface area contributed by atoms with Gasteiger partial charge in [-0.05, 0) is 29.7 Å². The van der Waals surface area contributed by atoms with Gasteiger partial charge in [-0.2, -0.15) is 5.10 Å². The molecular formula is C13H14N4O. The Bertz CT molecular complexity index is 670. The average molecular weight is 242 g/mol. The van der Waals surface area contributed by atoms with E-state index in [9.17, 15) is 0 Å². The fourth-order valence-electron chi connectivity index (χ4n) is 2.19. The van der Waals surface area contributed by atoms with E-state index in [-0.39, 0.29) is 0 Å². The second-order valence-corrected chi connectivity index (χ2v) is 4.25. The zero-order valence-electron chi connectivity index (χ0n) is 10.1. The highest BCUT2D eigenvalue weighted by atomic mass is 16.5. The largest absolute Gasteiger partial charge is 0.380 e. The first-order valence-electron chi connectivity index (χ1n) is 5.92. The molecule has 0 aliphatic carbocycles. The van der Waals surface area contributed by atoms with Gasteiger partial charge in [0.2, 0.25) is 0 Å². The lowest BCUT2D eigenvalue weighted by atomic mass is 10.0. The van der Waals surface area contributed by atoms with Crippen LogP contribution in [-0.4, -0.2) is 14.9 Å². The number of benzene rings is 1. The third-order valence-corrected chi connectivity index (χ3v) is 3.03. The Morgan fingerprint density at radius 3 is 3.00 bits per heavy atom. The second-order valence-electron chi connectivity index (χ2n) is 4.25. The molecule has 92 valence electrons. The van der Waals surface area contributed by atoms with E-state index in [2.05, 4.69) is 23.2 Å². The van der Waals surface area contributed by atoms with E-state index in [0.29, 0.717) is 5.82 Å². The Kier molecular flexibility index (Phi) is 2.51. The van der Waals surface area contributed by atoms with E-state index >= 15 is 0 Å². The summed E-state index contributed by atoms with van der Waals surface area (Å²) in [5, 5.41) is 8.95. The first-order chi connectivity index (χ1) is 8.78. The maximum absolute atomic E-state index is 5.82. The van der Waals surface area contributed by atoms with Crippen molar-refractivity contribution in [1.82, 2.24) is 14.9 Å². The fraction of sp³-hybridized carbons (Fsp3) is 0.231. The minimum Gasteiger partial charge on any atom is -0.380 e. The highest BCUT2D eigenvalue weighted by Crippen LogP contribution is 2.27. The predicted molar refractivity (Wildman–Crippen MR) is 69.1 cm³/mol. The first-order valence-corrected chi connectivity index (χ1v) is 5.92. The maximum atomic E-state index is 5.82. The van der Waals surface area contributed by atoms with E-state index < -0.39 is 0 Å². The molecule has 0 spiro atoms. The van der Waals surface area contributed by atoms with E-state index in [1.54, 1.807) is 6.20 Å². The average Bonchev–Trinajstić information content (AvgIpc) is 2.99. The van der Waals surface area contributed by atoms with Crippen molar-refractivity contribution in [1.29, 1.82) is 0 Å². The molecule has 5 nitrogen and oxygen atoms in total. The standard InChI is InChI=1S/C13H14N4O/c1-2-10-6-9(8-17-5-3-4-15-17)7-11-12(10)13(14)16-18-11/h3-7H,2,8H2,1H3,(H2,14,16). The quantitative estimate of drug-likeness (QED) is 0.764. The molecule has 0 saturated heterocycles. The van der Waals surface area contributed by atoms with Gasteiger partial charge < -0.3 is 10.3 Å². The molecule has 2 heterocycles. The van der Waals surface area contributed by atoms with Crippen LogP contribution >= 0.6 is 0 Å². The monoisotopic (exact) mass is 242 g/mol. The number of hydrogen-bond acceptors (Lipinski definition) is 4. The summed E-state index contributed by atoms with van der Waals surface area (Å²) in [6.07, 6.45) is 4.60. The molecule has 0 amide bonds. The van der Waals surface area contributed by atoms with Crippen molar-refractivity contribution in [2.45, 2.75) is 19.9 Å².